The first-order valence-electron chi connectivity index (χ1n) is 6.09. The number of carbonyl (C=O) groups excluding carboxylic acids is 2. The minimum absolute atomic E-state index is 0.0685. The maximum absolute atomic E-state index is 11.7. The Morgan fingerprint density at radius 2 is 1.80 bits per heavy atom. The number of likely N-dealkylation sites (N-methyl/N-ethyl adjacent to an activating group) is 1. The third-order valence-corrected chi connectivity index (χ3v) is 3.41. The number of amides is 2. The summed E-state index contributed by atoms with van der Waals surface area (Å²) < 4.78 is 0. The lowest BCUT2D eigenvalue weighted by Crippen LogP contribution is -2.39. The van der Waals surface area contributed by atoms with Crippen molar-refractivity contribution in [3.8, 4) is 0 Å². The molecule has 0 unspecified atom stereocenters. The van der Waals surface area contributed by atoms with E-state index in [1.165, 1.54) is 7.05 Å². The molecule has 0 saturated carbocycles. The highest BCUT2D eigenvalue weighted by molar-refractivity contribution is 6.42. The van der Waals surface area contributed by atoms with Crippen LogP contribution in [0.5, 0.6) is 0 Å². The van der Waals surface area contributed by atoms with Gasteiger partial charge in [0, 0.05) is 7.05 Å². The summed E-state index contributed by atoms with van der Waals surface area (Å²) in [6.07, 6.45) is 0. The van der Waals surface area contributed by atoms with Crippen LogP contribution in [0.25, 0.3) is 0 Å². The molecule has 0 fully saturated rings. The number of benzene rings is 1. The van der Waals surface area contributed by atoms with Gasteiger partial charge in [0.05, 0.1) is 29.2 Å². The van der Waals surface area contributed by atoms with E-state index in [9.17, 15) is 9.59 Å². The van der Waals surface area contributed by atoms with Crippen LogP contribution in [0.15, 0.2) is 18.2 Å². The van der Waals surface area contributed by atoms with E-state index in [4.69, 9.17) is 23.2 Å². The van der Waals surface area contributed by atoms with Crippen LogP contribution in [0.4, 0.5) is 0 Å². The summed E-state index contributed by atoms with van der Waals surface area (Å²) in [6.45, 7) is 2.01. The maximum Gasteiger partial charge on any atom is 0.234 e. The van der Waals surface area contributed by atoms with Gasteiger partial charge in [-0.15, -0.1) is 0 Å². The Kier molecular flexibility index (Phi) is 6.78. The third kappa shape index (κ3) is 5.36. The Hall–Kier alpha value is -1.30. The molecule has 1 aromatic rings. The lowest BCUT2D eigenvalue weighted by atomic mass is 10.1. The zero-order valence-corrected chi connectivity index (χ0v) is 12.8. The van der Waals surface area contributed by atoms with Crippen LogP contribution in [0.3, 0.4) is 0 Å². The van der Waals surface area contributed by atoms with Gasteiger partial charge in [-0.3, -0.25) is 14.9 Å². The van der Waals surface area contributed by atoms with Crippen LogP contribution in [0.2, 0.25) is 10.0 Å². The molecule has 0 bridgehead atoms. The molecule has 20 heavy (non-hydrogen) atoms. The van der Waals surface area contributed by atoms with Crippen molar-refractivity contribution in [2.75, 3.05) is 20.1 Å². The molecule has 0 radical (unpaired) electrons. The summed E-state index contributed by atoms with van der Waals surface area (Å²) in [6, 6.07) is 5.01. The molecule has 1 aromatic carbocycles. The average Bonchev–Trinajstić information content (AvgIpc) is 2.41. The molecule has 110 valence electrons. The first-order chi connectivity index (χ1) is 9.43. The lowest BCUT2D eigenvalue weighted by molar-refractivity contribution is -0.121. The van der Waals surface area contributed by atoms with Gasteiger partial charge >= 0.3 is 0 Å². The molecule has 5 nitrogen and oxygen atoms in total. The summed E-state index contributed by atoms with van der Waals surface area (Å²) in [5, 5.41) is 8.92. The van der Waals surface area contributed by atoms with Crippen molar-refractivity contribution in [3.63, 3.8) is 0 Å². The molecule has 3 N–H and O–H groups in total. The Bertz CT molecular complexity index is 495. The van der Waals surface area contributed by atoms with E-state index in [1.807, 2.05) is 6.92 Å². The van der Waals surface area contributed by atoms with E-state index in [2.05, 4.69) is 16.0 Å². The Balaban J connectivity index is 2.44. The predicted molar refractivity (Wildman–Crippen MR) is 80.0 cm³/mol. The van der Waals surface area contributed by atoms with Crippen LogP contribution in [-0.4, -0.2) is 32.0 Å². The number of hydrogen-bond donors (Lipinski definition) is 3. The zero-order valence-electron chi connectivity index (χ0n) is 11.3. The molecule has 7 heteroatoms. The molecule has 0 aliphatic rings. The topological polar surface area (TPSA) is 70.2 Å². The van der Waals surface area contributed by atoms with Crippen molar-refractivity contribution in [2.24, 2.45) is 0 Å². The van der Waals surface area contributed by atoms with Crippen LogP contribution in [0.1, 0.15) is 18.5 Å². The van der Waals surface area contributed by atoms with Crippen LogP contribution >= 0.6 is 23.2 Å². The highest BCUT2D eigenvalue weighted by atomic mass is 35.5. The van der Waals surface area contributed by atoms with E-state index < -0.39 is 0 Å². The molecule has 0 aliphatic heterocycles. The van der Waals surface area contributed by atoms with Crippen LogP contribution in [-0.2, 0) is 9.59 Å². The Labute approximate surface area is 128 Å². The van der Waals surface area contributed by atoms with E-state index in [-0.39, 0.29) is 30.9 Å². The van der Waals surface area contributed by atoms with Crippen molar-refractivity contribution in [2.45, 2.75) is 13.0 Å². The van der Waals surface area contributed by atoms with Crippen molar-refractivity contribution in [3.05, 3.63) is 33.8 Å². The van der Waals surface area contributed by atoms with E-state index in [1.54, 1.807) is 18.2 Å². The van der Waals surface area contributed by atoms with Gasteiger partial charge in [0.25, 0.3) is 0 Å². The van der Waals surface area contributed by atoms with Crippen molar-refractivity contribution < 1.29 is 9.59 Å². The quantitative estimate of drug-likeness (QED) is 0.744. The molecular formula is C13H17Cl2N3O2. The predicted octanol–water partition coefficient (Wildman–Crippen LogP) is 1.51. The van der Waals surface area contributed by atoms with E-state index in [0.29, 0.717) is 10.0 Å². The highest BCUT2D eigenvalue weighted by Gasteiger charge is 2.11. The fraction of sp³-hybridized carbons (Fsp3) is 0.385. The maximum atomic E-state index is 11.7. The monoisotopic (exact) mass is 317 g/mol. The first-order valence-corrected chi connectivity index (χ1v) is 6.85. The number of halogens is 2. The van der Waals surface area contributed by atoms with Crippen molar-refractivity contribution in [1.29, 1.82) is 0 Å². The van der Waals surface area contributed by atoms with Gasteiger partial charge in [0.2, 0.25) is 11.8 Å². The van der Waals surface area contributed by atoms with Gasteiger partial charge in [-0.25, -0.2) is 0 Å². The molecule has 0 heterocycles. The first kappa shape index (κ1) is 16.8. The molecule has 0 aromatic heterocycles. The van der Waals surface area contributed by atoms with Gasteiger partial charge in [-0.2, -0.15) is 0 Å². The largest absolute Gasteiger partial charge is 0.358 e. The summed E-state index contributed by atoms with van der Waals surface area (Å²) in [5.74, 6) is -0.372. The second kappa shape index (κ2) is 8.09. The van der Waals surface area contributed by atoms with Gasteiger partial charge in [-0.05, 0) is 24.6 Å². The minimum Gasteiger partial charge on any atom is -0.358 e. The summed E-state index contributed by atoms with van der Waals surface area (Å²) in [7, 11) is 1.54. The normalized spacial score (nSPS) is 11.8. The summed E-state index contributed by atoms with van der Waals surface area (Å²) in [4.78, 5) is 22.7. The Morgan fingerprint density at radius 3 is 2.40 bits per heavy atom. The molecule has 1 rings (SSSR count). The molecule has 0 saturated heterocycles. The zero-order chi connectivity index (χ0) is 15.1. The number of carbonyl (C=O) groups is 2. The van der Waals surface area contributed by atoms with Crippen LogP contribution in [0, 0.1) is 0 Å². The average molecular weight is 318 g/mol. The molecular weight excluding hydrogens is 301 g/mol. The van der Waals surface area contributed by atoms with Crippen molar-refractivity contribution >= 4 is 35.0 Å². The van der Waals surface area contributed by atoms with E-state index in [0.717, 1.165) is 5.56 Å². The van der Waals surface area contributed by atoms with Crippen molar-refractivity contribution in [1.82, 2.24) is 16.0 Å². The number of hydrogen-bond acceptors (Lipinski definition) is 3. The fourth-order valence-corrected chi connectivity index (χ4v) is 1.84. The standard InChI is InChI=1S/C13H17Cl2N3O2/c1-8(9-3-4-10(14)11(15)5-9)18-13(20)7-17-6-12(19)16-2/h3-5,8,17H,6-7H2,1-2H3,(H,16,19)(H,18,20)/t8-/m1/s1. The third-order valence-electron chi connectivity index (χ3n) is 2.67. The SMILES string of the molecule is CNC(=O)CNCC(=O)N[C@H](C)c1ccc(Cl)c(Cl)c1. The number of rotatable bonds is 6. The second-order valence-electron chi connectivity index (χ2n) is 4.24. The van der Waals surface area contributed by atoms with Gasteiger partial charge in [-0.1, -0.05) is 29.3 Å². The second-order valence-corrected chi connectivity index (χ2v) is 5.05. The highest BCUT2D eigenvalue weighted by Crippen LogP contribution is 2.25. The Morgan fingerprint density at radius 1 is 1.15 bits per heavy atom. The fourth-order valence-electron chi connectivity index (χ4n) is 1.54. The van der Waals surface area contributed by atoms with Gasteiger partial charge in [0.1, 0.15) is 0 Å². The summed E-state index contributed by atoms with van der Waals surface area (Å²) in [5.41, 5.74) is 0.860. The smallest absolute Gasteiger partial charge is 0.234 e. The molecule has 0 aliphatic carbocycles. The molecule has 0 spiro atoms. The van der Waals surface area contributed by atoms with Gasteiger partial charge < -0.3 is 10.6 Å². The molecule has 1 atom stereocenters. The summed E-state index contributed by atoms with van der Waals surface area (Å²) >= 11 is 11.8. The molecule has 2 amide bonds. The minimum atomic E-state index is -0.201. The van der Waals surface area contributed by atoms with Gasteiger partial charge in [0.15, 0.2) is 0 Å². The number of nitrogens with one attached hydrogen (secondary N) is 3. The van der Waals surface area contributed by atoms with Crippen LogP contribution < -0.4 is 16.0 Å². The van der Waals surface area contributed by atoms with E-state index >= 15 is 0 Å². The lowest BCUT2D eigenvalue weighted by Gasteiger charge is -2.15.